The van der Waals surface area contributed by atoms with Crippen molar-refractivity contribution in [2.45, 2.75) is 0 Å². The van der Waals surface area contributed by atoms with Crippen LogP contribution < -0.4 is 9.47 Å². The quantitative estimate of drug-likeness (QED) is 0.472. The Morgan fingerprint density at radius 1 is 0.962 bits per heavy atom. The topological polar surface area (TPSA) is 59.1 Å². The first-order chi connectivity index (χ1) is 12.4. The highest BCUT2D eigenvalue weighted by Crippen LogP contribution is 2.33. The lowest BCUT2D eigenvalue weighted by Gasteiger charge is -2.31. The monoisotopic (exact) mass is 370 g/mol. The molecule has 1 heterocycles. The molecule has 3 rings (SSSR count). The van der Waals surface area contributed by atoms with E-state index >= 15 is 0 Å². The summed E-state index contributed by atoms with van der Waals surface area (Å²) in [4.78, 5) is 27.8. The van der Waals surface area contributed by atoms with Crippen LogP contribution in [0.3, 0.4) is 0 Å². The molecule has 7 heteroatoms. The number of rotatable bonds is 3. The number of thiocarbonyl (C=S) groups is 1. The van der Waals surface area contributed by atoms with Crippen LogP contribution >= 0.6 is 12.2 Å². The Bertz CT molecular complexity index is 936. The average molecular weight is 370 g/mol. The van der Waals surface area contributed by atoms with E-state index in [0.717, 1.165) is 10.8 Å². The minimum absolute atomic E-state index is 0.0252. The lowest BCUT2D eigenvalue weighted by atomic mass is 9.99. The fourth-order valence-electron chi connectivity index (χ4n) is 2.88. The van der Waals surface area contributed by atoms with Crippen molar-refractivity contribution >= 4 is 46.0 Å². The first kappa shape index (κ1) is 17.9. The Balaban J connectivity index is 2.26. The third-order valence-electron chi connectivity index (χ3n) is 4.38. The first-order valence-electron chi connectivity index (χ1n) is 7.85. The molecule has 1 fully saturated rings. The van der Waals surface area contributed by atoms with E-state index in [1.165, 1.54) is 9.80 Å². The standard InChI is InChI=1S/C19H18N2O4S/c1-20-17(22)15(18(23)21(2)19(20)26)10-14-13-9-12(24-3)7-5-11(13)6-8-16(14)25-4/h5-10H,1-4H3. The molecule has 134 valence electrons. The average Bonchev–Trinajstić information content (AvgIpc) is 2.67. The minimum Gasteiger partial charge on any atom is -0.497 e. The summed E-state index contributed by atoms with van der Waals surface area (Å²) in [5.41, 5.74) is 0.660. The zero-order chi connectivity index (χ0) is 19.0. The lowest BCUT2D eigenvalue weighted by Crippen LogP contribution is -2.52. The molecule has 0 radical (unpaired) electrons. The zero-order valence-corrected chi connectivity index (χ0v) is 15.7. The van der Waals surface area contributed by atoms with Crippen LogP contribution in [-0.2, 0) is 9.59 Å². The van der Waals surface area contributed by atoms with E-state index in [4.69, 9.17) is 21.7 Å². The van der Waals surface area contributed by atoms with Crippen LogP contribution in [0.4, 0.5) is 0 Å². The van der Waals surface area contributed by atoms with Crippen molar-refractivity contribution in [1.29, 1.82) is 0 Å². The smallest absolute Gasteiger partial charge is 0.265 e. The van der Waals surface area contributed by atoms with Gasteiger partial charge in [-0.25, -0.2) is 0 Å². The summed E-state index contributed by atoms with van der Waals surface area (Å²) in [6.45, 7) is 0. The number of ether oxygens (including phenoxy) is 2. The summed E-state index contributed by atoms with van der Waals surface area (Å²) in [5.74, 6) is 0.333. The van der Waals surface area contributed by atoms with E-state index in [1.54, 1.807) is 40.5 Å². The number of amides is 2. The molecule has 1 aliphatic rings. The Labute approximate surface area is 156 Å². The zero-order valence-electron chi connectivity index (χ0n) is 14.9. The molecule has 0 bridgehead atoms. The minimum atomic E-state index is -0.444. The summed E-state index contributed by atoms with van der Waals surface area (Å²) in [5, 5.41) is 1.92. The highest BCUT2D eigenvalue weighted by Gasteiger charge is 2.35. The molecular formula is C19H18N2O4S. The van der Waals surface area contributed by atoms with E-state index in [9.17, 15) is 9.59 Å². The van der Waals surface area contributed by atoms with Crippen LogP contribution in [0, 0.1) is 0 Å². The number of methoxy groups -OCH3 is 2. The van der Waals surface area contributed by atoms with Gasteiger partial charge in [0.1, 0.15) is 17.1 Å². The van der Waals surface area contributed by atoms with Gasteiger partial charge in [-0.05, 0) is 47.3 Å². The van der Waals surface area contributed by atoms with Gasteiger partial charge in [0.15, 0.2) is 5.11 Å². The van der Waals surface area contributed by atoms with Crippen molar-refractivity contribution in [3.8, 4) is 11.5 Å². The highest BCUT2D eigenvalue weighted by atomic mass is 32.1. The highest BCUT2D eigenvalue weighted by molar-refractivity contribution is 7.80. The molecule has 0 unspecified atom stereocenters. The van der Waals surface area contributed by atoms with Gasteiger partial charge in [-0.2, -0.15) is 0 Å². The Kier molecular flexibility index (Phi) is 4.65. The lowest BCUT2D eigenvalue weighted by molar-refractivity contribution is -0.132. The van der Waals surface area contributed by atoms with Gasteiger partial charge in [-0.15, -0.1) is 0 Å². The predicted molar refractivity (Wildman–Crippen MR) is 103 cm³/mol. The maximum atomic E-state index is 12.6. The van der Waals surface area contributed by atoms with Gasteiger partial charge >= 0.3 is 0 Å². The van der Waals surface area contributed by atoms with Crippen LogP contribution in [0.25, 0.3) is 16.8 Å². The molecule has 2 aromatic rings. The summed E-state index contributed by atoms with van der Waals surface area (Å²) in [6.07, 6.45) is 1.56. The van der Waals surface area contributed by atoms with Gasteiger partial charge in [0.2, 0.25) is 0 Å². The molecule has 26 heavy (non-hydrogen) atoms. The van der Waals surface area contributed by atoms with Crippen molar-refractivity contribution in [3.05, 3.63) is 41.5 Å². The summed E-state index contributed by atoms with van der Waals surface area (Å²) in [6, 6.07) is 9.32. The van der Waals surface area contributed by atoms with Crippen molar-refractivity contribution < 1.29 is 19.1 Å². The van der Waals surface area contributed by atoms with Gasteiger partial charge in [0.25, 0.3) is 11.8 Å². The maximum absolute atomic E-state index is 12.6. The largest absolute Gasteiger partial charge is 0.497 e. The molecule has 0 aromatic heterocycles. The number of carbonyl (C=O) groups excluding carboxylic acids is 2. The second-order valence-electron chi connectivity index (χ2n) is 5.84. The number of nitrogens with zero attached hydrogens (tertiary/aromatic N) is 2. The van der Waals surface area contributed by atoms with E-state index in [0.29, 0.717) is 17.1 Å². The number of likely N-dealkylation sites (N-methyl/N-ethyl adjacent to an activating group) is 2. The molecule has 0 spiro atoms. The number of hydrogen-bond acceptors (Lipinski definition) is 5. The molecular weight excluding hydrogens is 352 g/mol. The van der Waals surface area contributed by atoms with Crippen LogP contribution in [0.2, 0.25) is 0 Å². The molecule has 0 aliphatic carbocycles. The van der Waals surface area contributed by atoms with Crippen molar-refractivity contribution in [2.75, 3.05) is 28.3 Å². The van der Waals surface area contributed by atoms with Crippen molar-refractivity contribution in [2.24, 2.45) is 0 Å². The summed E-state index contributed by atoms with van der Waals surface area (Å²) < 4.78 is 10.8. The number of hydrogen-bond donors (Lipinski definition) is 0. The van der Waals surface area contributed by atoms with Crippen molar-refractivity contribution in [1.82, 2.24) is 9.80 Å². The predicted octanol–water partition coefficient (Wildman–Crippen LogP) is 2.46. The third kappa shape index (κ3) is 2.80. The number of benzene rings is 2. The second kappa shape index (κ2) is 6.76. The van der Waals surface area contributed by atoms with E-state index < -0.39 is 11.8 Å². The fourth-order valence-corrected chi connectivity index (χ4v) is 3.04. The molecule has 0 atom stereocenters. The molecule has 0 N–H and O–H groups in total. The van der Waals surface area contributed by atoms with Crippen LogP contribution in [0.1, 0.15) is 5.56 Å². The van der Waals surface area contributed by atoms with Crippen LogP contribution in [0.15, 0.2) is 35.9 Å². The van der Waals surface area contributed by atoms with Gasteiger partial charge in [-0.1, -0.05) is 12.1 Å². The van der Waals surface area contributed by atoms with Crippen LogP contribution in [-0.4, -0.2) is 55.0 Å². The van der Waals surface area contributed by atoms with Gasteiger partial charge in [0, 0.05) is 19.7 Å². The molecule has 0 saturated carbocycles. The second-order valence-corrected chi connectivity index (χ2v) is 6.20. The molecule has 1 saturated heterocycles. The number of carbonyl (C=O) groups is 2. The van der Waals surface area contributed by atoms with Gasteiger partial charge < -0.3 is 9.47 Å². The first-order valence-corrected chi connectivity index (χ1v) is 8.26. The maximum Gasteiger partial charge on any atom is 0.265 e. The van der Waals surface area contributed by atoms with E-state index in [1.807, 2.05) is 24.3 Å². The Morgan fingerprint density at radius 3 is 2.15 bits per heavy atom. The Hall–Kier alpha value is -2.93. The van der Waals surface area contributed by atoms with Crippen molar-refractivity contribution in [3.63, 3.8) is 0 Å². The summed E-state index contributed by atoms with van der Waals surface area (Å²) in [7, 11) is 6.22. The van der Waals surface area contributed by atoms with E-state index in [-0.39, 0.29) is 10.7 Å². The fraction of sp³-hybridized carbons (Fsp3) is 0.211. The molecule has 6 nitrogen and oxygen atoms in total. The van der Waals surface area contributed by atoms with E-state index in [2.05, 4.69) is 0 Å². The molecule has 1 aliphatic heterocycles. The number of fused-ring (bicyclic) bond motifs is 1. The summed E-state index contributed by atoms with van der Waals surface area (Å²) >= 11 is 5.12. The molecule has 2 aromatic carbocycles. The van der Waals surface area contributed by atoms with Gasteiger partial charge in [0.05, 0.1) is 14.2 Å². The normalized spacial score (nSPS) is 14.9. The third-order valence-corrected chi connectivity index (χ3v) is 4.93. The Morgan fingerprint density at radius 2 is 1.58 bits per heavy atom. The van der Waals surface area contributed by atoms with Crippen LogP contribution in [0.5, 0.6) is 11.5 Å². The SMILES string of the molecule is COc1ccc2ccc(OC)c(C=C3C(=O)N(C)C(=S)N(C)C3=O)c2c1. The molecule has 2 amide bonds. The van der Waals surface area contributed by atoms with Gasteiger partial charge in [-0.3, -0.25) is 19.4 Å².